The molecular weight excluding hydrogens is 178 g/mol. The van der Waals surface area contributed by atoms with Crippen LogP contribution in [0.2, 0.25) is 0 Å². The van der Waals surface area contributed by atoms with Crippen molar-refractivity contribution in [1.29, 1.82) is 0 Å². The molecule has 86 valence electrons. The molecule has 3 nitrogen and oxygen atoms in total. The van der Waals surface area contributed by atoms with Crippen LogP contribution in [-0.2, 0) is 4.74 Å². The minimum absolute atomic E-state index is 0.0145. The summed E-state index contributed by atoms with van der Waals surface area (Å²) in [6.45, 7) is 9.09. The maximum Gasteiger partial charge on any atom is 0.0956 e. The van der Waals surface area contributed by atoms with Gasteiger partial charge in [0.25, 0.3) is 0 Å². The lowest BCUT2D eigenvalue weighted by atomic mass is 10.0. The lowest BCUT2D eigenvalue weighted by Gasteiger charge is -2.24. The van der Waals surface area contributed by atoms with Gasteiger partial charge in [0.1, 0.15) is 0 Å². The highest BCUT2D eigenvalue weighted by Gasteiger charge is 2.18. The fourth-order valence-electron chi connectivity index (χ4n) is 1.32. The Labute approximate surface area is 87.6 Å². The highest BCUT2D eigenvalue weighted by molar-refractivity contribution is 4.74. The monoisotopic (exact) mass is 203 g/mol. The average Bonchev–Trinajstić information content (AvgIpc) is 2.03. The summed E-state index contributed by atoms with van der Waals surface area (Å²) in [5.41, 5.74) is 5.93. The van der Waals surface area contributed by atoms with Crippen LogP contribution in [0.3, 0.4) is 0 Å². The molecule has 0 radical (unpaired) electrons. The van der Waals surface area contributed by atoms with E-state index in [0.29, 0.717) is 18.4 Å². The molecule has 0 aromatic carbocycles. The molecule has 0 heterocycles. The second-order valence-corrected chi connectivity index (χ2v) is 4.74. The van der Waals surface area contributed by atoms with E-state index in [9.17, 15) is 0 Å². The molecule has 0 aromatic heterocycles. The summed E-state index contributed by atoms with van der Waals surface area (Å²) in [4.78, 5) is 0. The smallest absolute Gasteiger partial charge is 0.0956 e. The van der Waals surface area contributed by atoms with E-state index < -0.39 is 0 Å². The first-order chi connectivity index (χ1) is 6.47. The topological polar surface area (TPSA) is 55.5 Å². The molecule has 0 aliphatic carbocycles. The first-order valence-corrected chi connectivity index (χ1v) is 5.45. The zero-order valence-electron chi connectivity index (χ0n) is 9.86. The molecule has 0 saturated heterocycles. The van der Waals surface area contributed by atoms with E-state index in [1.54, 1.807) is 0 Å². The third-order valence-corrected chi connectivity index (χ3v) is 2.04. The Kier molecular flexibility index (Phi) is 7.15. The first-order valence-electron chi connectivity index (χ1n) is 5.45. The zero-order valence-corrected chi connectivity index (χ0v) is 9.86. The number of rotatable bonds is 7. The molecule has 0 aromatic rings. The van der Waals surface area contributed by atoms with Gasteiger partial charge in [0.05, 0.1) is 12.7 Å². The van der Waals surface area contributed by atoms with Gasteiger partial charge in [-0.15, -0.1) is 0 Å². The largest absolute Gasteiger partial charge is 0.394 e. The van der Waals surface area contributed by atoms with Gasteiger partial charge < -0.3 is 15.6 Å². The van der Waals surface area contributed by atoms with Gasteiger partial charge in [-0.3, -0.25) is 0 Å². The van der Waals surface area contributed by atoms with Crippen LogP contribution < -0.4 is 5.73 Å². The van der Waals surface area contributed by atoms with Crippen LogP contribution in [0.25, 0.3) is 0 Å². The highest BCUT2D eigenvalue weighted by Crippen LogP contribution is 2.09. The standard InChI is InChI=1S/C11H25NO2/c1-8(2)5-10(12)11(6-13)14-7-9(3)4/h8-11,13H,5-7,12H2,1-4H3. The summed E-state index contributed by atoms with van der Waals surface area (Å²) in [7, 11) is 0. The van der Waals surface area contributed by atoms with Crippen molar-refractivity contribution in [3.63, 3.8) is 0 Å². The van der Waals surface area contributed by atoms with Crippen molar-refractivity contribution < 1.29 is 9.84 Å². The summed E-state index contributed by atoms with van der Waals surface area (Å²) in [5, 5.41) is 9.12. The second-order valence-electron chi connectivity index (χ2n) is 4.74. The maximum absolute atomic E-state index is 9.12. The summed E-state index contributed by atoms with van der Waals surface area (Å²) in [6, 6.07) is -0.0567. The van der Waals surface area contributed by atoms with Crippen molar-refractivity contribution in [2.45, 2.75) is 46.3 Å². The van der Waals surface area contributed by atoms with Crippen LogP contribution in [0.5, 0.6) is 0 Å². The third-order valence-electron chi connectivity index (χ3n) is 2.04. The van der Waals surface area contributed by atoms with Crippen LogP contribution >= 0.6 is 0 Å². The molecule has 2 unspecified atom stereocenters. The molecule has 0 bridgehead atoms. The lowest BCUT2D eigenvalue weighted by Crippen LogP contribution is -2.41. The quantitative estimate of drug-likeness (QED) is 0.657. The van der Waals surface area contributed by atoms with Gasteiger partial charge in [-0.1, -0.05) is 27.7 Å². The molecule has 0 aliphatic rings. The number of aliphatic hydroxyl groups excluding tert-OH is 1. The Morgan fingerprint density at radius 3 is 2.07 bits per heavy atom. The molecule has 3 N–H and O–H groups in total. The number of nitrogens with two attached hydrogens (primary N) is 1. The lowest BCUT2D eigenvalue weighted by molar-refractivity contribution is -0.0172. The molecule has 0 rings (SSSR count). The minimum atomic E-state index is -0.209. The number of hydrogen-bond donors (Lipinski definition) is 2. The van der Waals surface area contributed by atoms with E-state index in [-0.39, 0.29) is 18.8 Å². The van der Waals surface area contributed by atoms with Gasteiger partial charge in [-0.2, -0.15) is 0 Å². The summed E-state index contributed by atoms with van der Waals surface area (Å²) in [6.07, 6.45) is 0.684. The molecule has 0 saturated carbocycles. The molecule has 3 heteroatoms. The van der Waals surface area contributed by atoms with Gasteiger partial charge in [0.2, 0.25) is 0 Å². The summed E-state index contributed by atoms with van der Waals surface area (Å²) < 4.78 is 5.54. The molecular formula is C11H25NO2. The van der Waals surface area contributed by atoms with E-state index in [1.165, 1.54) is 0 Å². The van der Waals surface area contributed by atoms with Crippen LogP contribution in [0.15, 0.2) is 0 Å². The van der Waals surface area contributed by atoms with E-state index in [0.717, 1.165) is 6.42 Å². The highest BCUT2D eigenvalue weighted by atomic mass is 16.5. The van der Waals surface area contributed by atoms with Crippen molar-refractivity contribution >= 4 is 0 Å². The van der Waals surface area contributed by atoms with Crippen molar-refractivity contribution in [3.05, 3.63) is 0 Å². The summed E-state index contributed by atoms with van der Waals surface area (Å²) >= 11 is 0. The number of hydrogen-bond acceptors (Lipinski definition) is 3. The van der Waals surface area contributed by atoms with E-state index >= 15 is 0 Å². The first kappa shape index (κ1) is 13.9. The Morgan fingerprint density at radius 2 is 1.71 bits per heavy atom. The fraction of sp³-hybridized carbons (Fsp3) is 1.00. The van der Waals surface area contributed by atoms with Crippen molar-refractivity contribution in [1.82, 2.24) is 0 Å². The predicted molar refractivity (Wildman–Crippen MR) is 59.1 cm³/mol. The zero-order chi connectivity index (χ0) is 11.1. The predicted octanol–water partition coefficient (Wildman–Crippen LogP) is 1.39. The van der Waals surface area contributed by atoms with Crippen molar-refractivity contribution in [2.24, 2.45) is 17.6 Å². The van der Waals surface area contributed by atoms with E-state index in [4.69, 9.17) is 15.6 Å². The SMILES string of the molecule is CC(C)COC(CO)C(N)CC(C)C. The van der Waals surface area contributed by atoms with E-state index in [1.807, 2.05) is 0 Å². The molecule has 0 amide bonds. The Bertz CT molecular complexity index is 137. The van der Waals surface area contributed by atoms with Gasteiger partial charge in [-0.05, 0) is 18.3 Å². The normalized spacial score (nSPS) is 16.3. The molecule has 0 fully saturated rings. The Hall–Kier alpha value is -0.120. The summed E-state index contributed by atoms with van der Waals surface area (Å²) in [5.74, 6) is 1.02. The van der Waals surface area contributed by atoms with Gasteiger partial charge in [-0.25, -0.2) is 0 Å². The van der Waals surface area contributed by atoms with Gasteiger partial charge in [0, 0.05) is 12.6 Å². The molecule has 0 spiro atoms. The minimum Gasteiger partial charge on any atom is -0.394 e. The van der Waals surface area contributed by atoms with Crippen LogP contribution in [0.1, 0.15) is 34.1 Å². The van der Waals surface area contributed by atoms with E-state index in [2.05, 4.69) is 27.7 Å². The molecule has 14 heavy (non-hydrogen) atoms. The van der Waals surface area contributed by atoms with Crippen LogP contribution in [0, 0.1) is 11.8 Å². The fourth-order valence-corrected chi connectivity index (χ4v) is 1.32. The third kappa shape index (κ3) is 6.35. The average molecular weight is 203 g/mol. The number of aliphatic hydroxyl groups is 1. The van der Waals surface area contributed by atoms with Crippen molar-refractivity contribution in [2.75, 3.05) is 13.2 Å². The second kappa shape index (κ2) is 7.21. The number of ether oxygens (including phenoxy) is 1. The molecule has 0 aliphatic heterocycles. The Morgan fingerprint density at radius 1 is 1.14 bits per heavy atom. The Balaban J connectivity index is 3.86. The van der Waals surface area contributed by atoms with Crippen molar-refractivity contribution in [3.8, 4) is 0 Å². The van der Waals surface area contributed by atoms with Gasteiger partial charge in [0.15, 0.2) is 0 Å². The van der Waals surface area contributed by atoms with Gasteiger partial charge >= 0.3 is 0 Å². The van der Waals surface area contributed by atoms with Crippen LogP contribution in [-0.4, -0.2) is 30.5 Å². The van der Waals surface area contributed by atoms with Crippen LogP contribution in [0.4, 0.5) is 0 Å². The molecule has 2 atom stereocenters. The maximum atomic E-state index is 9.12.